The van der Waals surface area contributed by atoms with Crippen molar-refractivity contribution in [3.05, 3.63) is 11.0 Å². The number of nitrogens with zero attached hydrogens (tertiary/aromatic N) is 3. The van der Waals surface area contributed by atoms with Crippen molar-refractivity contribution in [2.75, 3.05) is 37.4 Å². The van der Waals surface area contributed by atoms with Crippen LogP contribution in [0.5, 0.6) is 0 Å². The molecule has 0 amide bonds. The molecule has 0 aromatic carbocycles. The molecule has 0 spiro atoms. The number of rotatable bonds is 6. The van der Waals surface area contributed by atoms with Crippen molar-refractivity contribution in [2.24, 2.45) is 5.92 Å². The molecule has 2 N–H and O–H groups in total. The van der Waals surface area contributed by atoms with Crippen LogP contribution >= 0.6 is 11.6 Å². The summed E-state index contributed by atoms with van der Waals surface area (Å²) in [5.41, 5.74) is 7.32. The fourth-order valence-corrected chi connectivity index (χ4v) is 1.91. The molecule has 5 nitrogen and oxygen atoms in total. The number of hydrogen-bond acceptors (Lipinski definition) is 5. The molecule has 18 heavy (non-hydrogen) atoms. The summed E-state index contributed by atoms with van der Waals surface area (Å²) < 4.78 is 5.12. The first kappa shape index (κ1) is 15.0. The van der Waals surface area contributed by atoms with Gasteiger partial charge in [-0.1, -0.05) is 13.8 Å². The van der Waals surface area contributed by atoms with Gasteiger partial charge in [0.05, 0.1) is 18.0 Å². The number of aromatic nitrogens is 2. The third-order valence-corrected chi connectivity index (χ3v) is 2.71. The molecule has 0 saturated heterocycles. The van der Waals surface area contributed by atoms with Gasteiger partial charge in [0, 0.05) is 20.2 Å². The summed E-state index contributed by atoms with van der Waals surface area (Å²) in [5.74, 6) is 1.19. The number of halogens is 1. The third-order valence-electron chi connectivity index (χ3n) is 2.54. The second kappa shape index (κ2) is 6.75. The average molecular weight is 273 g/mol. The van der Waals surface area contributed by atoms with Gasteiger partial charge in [0.2, 0.25) is 5.28 Å². The summed E-state index contributed by atoms with van der Waals surface area (Å²) in [6, 6.07) is 0. The molecule has 0 atom stereocenters. The van der Waals surface area contributed by atoms with Gasteiger partial charge >= 0.3 is 0 Å². The minimum absolute atomic E-state index is 0.225. The smallest absolute Gasteiger partial charge is 0.224 e. The monoisotopic (exact) mass is 272 g/mol. The molecule has 0 unspecified atom stereocenters. The molecule has 0 radical (unpaired) electrons. The van der Waals surface area contributed by atoms with E-state index in [2.05, 4.69) is 28.7 Å². The summed E-state index contributed by atoms with van der Waals surface area (Å²) in [6.07, 6.45) is 0. The molecule has 0 saturated carbocycles. The lowest BCUT2D eigenvalue weighted by molar-refractivity contribution is 0.204. The number of methoxy groups -OCH3 is 1. The van der Waals surface area contributed by atoms with Crippen LogP contribution in [0.4, 0.5) is 11.5 Å². The van der Waals surface area contributed by atoms with Gasteiger partial charge in [-0.05, 0) is 24.4 Å². The van der Waals surface area contributed by atoms with Crippen LogP contribution in [0.15, 0.2) is 0 Å². The Morgan fingerprint density at radius 3 is 2.61 bits per heavy atom. The molecule has 0 bridgehead atoms. The van der Waals surface area contributed by atoms with Crippen molar-refractivity contribution in [2.45, 2.75) is 20.8 Å². The number of nitrogens with two attached hydrogens (primary N) is 1. The minimum Gasteiger partial charge on any atom is -0.394 e. The van der Waals surface area contributed by atoms with Crippen LogP contribution in [0.2, 0.25) is 5.28 Å². The molecule has 0 aliphatic heterocycles. The van der Waals surface area contributed by atoms with Gasteiger partial charge in [-0.25, -0.2) is 4.98 Å². The Balaban J connectivity index is 3.03. The van der Waals surface area contributed by atoms with Crippen LogP contribution < -0.4 is 10.6 Å². The Labute approximate surface area is 113 Å². The van der Waals surface area contributed by atoms with Crippen molar-refractivity contribution in [1.29, 1.82) is 0 Å². The molecule has 102 valence electrons. The summed E-state index contributed by atoms with van der Waals surface area (Å²) in [7, 11) is 1.68. The van der Waals surface area contributed by atoms with Crippen molar-refractivity contribution < 1.29 is 4.74 Å². The third kappa shape index (κ3) is 3.99. The van der Waals surface area contributed by atoms with E-state index in [0.717, 1.165) is 13.1 Å². The molecule has 0 aliphatic rings. The minimum atomic E-state index is 0.225. The maximum Gasteiger partial charge on any atom is 0.224 e. The molecular formula is C12H21ClN4O. The maximum absolute atomic E-state index is 6.03. The Bertz CT molecular complexity index is 398. The highest BCUT2D eigenvalue weighted by Gasteiger charge is 2.16. The highest BCUT2D eigenvalue weighted by atomic mass is 35.5. The van der Waals surface area contributed by atoms with Gasteiger partial charge < -0.3 is 15.4 Å². The molecule has 1 rings (SSSR count). The van der Waals surface area contributed by atoms with E-state index >= 15 is 0 Å². The van der Waals surface area contributed by atoms with Crippen LogP contribution in [-0.2, 0) is 4.74 Å². The van der Waals surface area contributed by atoms with Crippen molar-refractivity contribution in [3.63, 3.8) is 0 Å². The second-order valence-corrected chi connectivity index (χ2v) is 4.99. The highest BCUT2D eigenvalue weighted by Crippen LogP contribution is 2.25. The van der Waals surface area contributed by atoms with Crippen molar-refractivity contribution in [1.82, 2.24) is 9.97 Å². The maximum atomic E-state index is 6.03. The van der Waals surface area contributed by atoms with Crippen molar-refractivity contribution in [3.8, 4) is 0 Å². The van der Waals surface area contributed by atoms with E-state index in [1.165, 1.54) is 0 Å². The fraction of sp³-hybridized carbons (Fsp3) is 0.667. The number of ether oxygens (including phenoxy) is 1. The van der Waals surface area contributed by atoms with Crippen molar-refractivity contribution >= 4 is 23.1 Å². The zero-order chi connectivity index (χ0) is 13.7. The van der Waals surface area contributed by atoms with E-state index in [4.69, 9.17) is 22.1 Å². The summed E-state index contributed by atoms with van der Waals surface area (Å²) in [5, 5.41) is 0.225. The predicted octanol–water partition coefficient (Wildman–Crippen LogP) is 2.13. The van der Waals surface area contributed by atoms with E-state index in [1.54, 1.807) is 7.11 Å². The lowest BCUT2D eigenvalue weighted by Crippen LogP contribution is -2.32. The van der Waals surface area contributed by atoms with Crippen LogP contribution in [-0.4, -0.2) is 36.8 Å². The van der Waals surface area contributed by atoms with E-state index in [9.17, 15) is 0 Å². The number of anilines is 2. The normalized spacial score (nSPS) is 11.0. The van der Waals surface area contributed by atoms with E-state index < -0.39 is 0 Å². The molecular weight excluding hydrogens is 252 g/mol. The van der Waals surface area contributed by atoms with Gasteiger partial charge in [-0.2, -0.15) is 4.98 Å². The standard InChI is InChI=1S/C12H21ClN4O/c1-8(2)7-17(5-6-18-4)11-10(14)9(3)15-12(13)16-11/h8H,5-7,14H2,1-4H3. The van der Waals surface area contributed by atoms with Crippen LogP contribution in [0, 0.1) is 12.8 Å². The van der Waals surface area contributed by atoms with E-state index in [-0.39, 0.29) is 5.28 Å². The largest absolute Gasteiger partial charge is 0.394 e. The molecule has 1 aromatic heterocycles. The van der Waals surface area contributed by atoms with Crippen LogP contribution in [0.3, 0.4) is 0 Å². The zero-order valence-corrected chi connectivity index (χ0v) is 12.2. The highest BCUT2D eigenvalue weighted by molar-refractivity contribution is 6.28. The van der Waals surface area contributed by atoms with Crippen LogP contribution in [0.25, 0.3) is 0 Å². The predicted molar refractivity (Wildman–Crippen MR) is 75.1 cm³/mol. The van der Waals surface area contributed by atoms with Gasteiger partial charge in [0.15, 0.2) is 5.82 Å². The second-order valence-electron chi connectivity index (χ2n) is 4.65. The topological polar surface area (TPSA) is 64.3 Å². The lowest BCUT2D eigenvalue weighted by atomic mass is 10.2. The Hall–Kier alpha value is -1.07. The number of hydrogen-bond donors (Lipinski definition) is 1. The first-order valence-electron chi connectivity index (χ1n) is 5.99. The lowest BCUT2D eigenvalue weighted by Gasteiger charge is -2.26. The van der Waals surface area contributed by atoms with Gasteiger partial charge in [-0.3, -0.25) is 0 Å². The Morgan fingerprint density at radius 2 is 2.06 bits per heavy atom. The number of nitrogen functional groups attached to an aromatic ring is 1. The molecule has 0 fully saturated rings. The van der Waals surface area contributed by atoms with Gasteiger partial charge in [0.1, 0.15) is 0 Å². The molecule has 6 heteroatoms. The Kier molecular flexibility index (Phi) is 5.62. The molecule has 0 aliphatic carbocycles. The average Bonchev–Trinajstić information content (AvgIpc) is 2.28. The van der Waals surface area contributed by atoms with Gasteiger partial charge in [-0.15, -0.1) is 0 Å². The van der Waals surface area contributed by atoms with E-state index in [0.29, 0.717) is 29.7 Å². The fourth-order valence-electron chi connectivity index (χ4n) is 1.70. The first-order chi connectivity index (χ1) is 8.45. The van der Waals surface area contributed by atoms with Crippen LogP contribution in [0.1, 0.15) is 19.5 Å². The molecule has 1 heterocycles. The summed E-state index contributed by atoms with van der Waals surface area (Å²) in [6.45, 7) is 8.31. The Morgan fingerprint density at radius 1 is 1.39 bits per heavy atom. The number of aryl methyl sites for hydroxylation is 1. The summed E-state index contributed by atoms with van der Waals surface area (Å²) in [4.78, 5) is 10.4. The summed E-state index contributed by atoms with van der Waals surface area (Å²) >= 11 is 5.90. The SMILES string of the molecule is COCCN(CC(C)C)c1nc(Cl)nc(C)c1N. The van der Waals surface area contributed by atoms with E-state index in [1.807, 2.05) is 6.92 Å². The molecule has 1 aromatic rings. The zero-order valence-electron chi connectivity index (χ0n) is 11.4. The first-order valence-corrected chi connectivity index (χ1v) is 6.37. The van der Waals surface area contributed by atoms with Gasteiger partial charge in [0.25, 0.3) is 0 Å². The quantitative estimate of drug-likeness (QED) is 0.804.